The Morgan fingerprint density at radius 3 is 2.83 bits per heavy atom. The summed E-state index contributed by atoms with van der Waals surface area (Å²) >= 11 is 0. The number of carbonyl (C=O) groups is 1. The minimum absolute atomic E-state index is 0.0325. The third-order valence-corrected chi connectivity index (χ3v) is 5.60. The Hall–Kier alpha value is -2.42. The quantitative estimate of drug-likeness (QED) is 0.682. The first-order valence-electron chi connectivity index (χ1n) is 10.1. The second-order valence-electron chi connectivity index (χ2n) is 8.00. The number of halogens is 3. The lowest BCUT2D eigenvalue weighted by Gasteiger charge is -2.34. The molecule has 0 aliphatic carbocycles. The van der Waals surface area contributed by atoms with E-state index >= 15 is 0 Å². The number of likely N-dealkylation sites (tertiary alicyclic amines) is 1. The molecule has 6 nitrogen and oxygen atoms in total. The van der Waals surface area contributed by atoms with Gasteiger partial charge in [0, 0.05) is 26.7 Å². The number of carbonyl (C=O) groups excluding carboxylic acids is 1. The SMILES string of the molecule is Cc1nonc1CC(=O)N(C)CC1CCCN(CCc2cccc(C(F)(F)F)c2)C1. The molecular weight excluding hydrogens is 397 g/mol. The van der Waals surface area contributed by atoms with E-state index in [1.54, 1.807) is 24.9 Å². The van der Waals surface area contributed by atoms with Crippen molar-refractivity contribution < 1.29 is 22.6 Å². The summed E-state index contributed by atoms with van der Waals surface area (Å²) in [7, 11) is 1.78. The van der Waals surface area contributed by atoms with Crippen LogP contribution in [0.1, 0.15) is 35.4 Å². The standard InChI is InChI=1S/C21H27F3N4O2/c1-15-19(26-30-25-15)12-20(29)27(2)13-17-6-4-9-28(14-17)10-8-16-5-3-7-18(11-16)21(22,23)24/h3,5,7,11,17H,4,6,8-10,12-14H2,1-2H3. The van der Waals surface area contributed by atoms with Gasteiger partial charge in [0.05, 0.1) is 12.0 Å². The van der Waals surface area contributed by atoms with Gasteiger partial charge in [-0.2, -0.15) is 13.2 Å². The van der Waals surface area contributed by atoms with Gasteiger partial charge < -0.3 is 9.80 Å². The lowest BCUT2D eigenvalue weighted by molar-refractivity contribution is -0.137. The van der Waals surface area contributed by atoms with Crippen LogP contribution in [0.5, 0.6) is 0 Å². The highest BCUT2D eigenvalue weighted by Gasteiger charge is 2.30. The minimum atomic E-state index is -4.32. The summed E-state index contributed by atoms with van der Waals surface area (Å²) in [6, 6.07) is 5.53. The van der Waals surface area contributed by atoms with E-state index in [2.05, 4.69) is 19.8 Å². The maximum Gasteiger partial charge on any atom is 0.416 e. The molecule has 1 aliphatic heterocycles. The summed E-state index contributed by atoms with van der Waals surface area (Å²) < 4.78 is 43.3. The first-order valence-corrected chi connectivity index (χ1v) is 10.1. The average molecular weight is 424 g/mol. The Labute approximate surface area is 174 Å². The molecule has 0 N–H and O–H groups in total. The Kier molecular flexibility index (Phi) is 7.12. The number of hydrogen-bond donors (Lipinski definition) is 0. The summed E-state index contributed by atoms with van der Waals surface area (Å²) in [5.74, 6) is 0.306. The Morgan fingerprint density at radius 1 is 1.33 bits per heavy atom. The highest BCUT2D eigenvalue weighted by atomic mass is 19.4. The number of rotatable bonds is 7. The van der Waals surface area contributed by atoms with Crippen LogP contribution in [0.4, 0.5) is 13.2 Å². The molecule has 2 aromatic rings. The number of nitrogens with zero attached hydrogens (tertiary/aromatic N) is 4. The normalized spacial score (nSPS) is 17.8. The third-order valence-electron chi connectivity index (χ3n) is 5.60. The molecule has 2 heterocycles. The van der Waals surface area contributed by atoms with Crippen LogP contribution in [0, 0.1) is 12.8 Å². The second-order valence-corrected chi connectivity index (χ2v) is 8.00. The fourth-order valence-corrected chi connectivity index (χ4v) is 3.87. The predicted molar refractivity (Wildman–Crippen MR) is 105 cm³/mol. The molecule has 0 saturated carbocycles. The van der Waals surface area contributed by atoms with Gasteiger partial charge in [-0.3, -0.25) is 4.79 Å². The van der Waals surface area contributed by atoms with E-state index in [1.165, 1.54) is 12.1 Å². The molecule has 1 aliphatic rings. The van der Waals surface area contributed by atoms with Gasteiger partial charge in [-0.1, -0.05) is 28.5 Å². The molecule has 9 heteroatoms. The van der Waals surface area contributed by atoms with Crippen molar-refractivity contribution in [3.8, 4) is 0 Å². The van der Waals surface area contributed by atoms with E-state index in [9.17, 15) is 18.0 Å². The van der Waals surface area contributed by atoms with Crippen LogP contribution >= 0.6 is 0 Å². The van der Waals surface area contributed by atoms with Crippen molar-refractivity contribution in [2.45, 2.75) is 38.8 Å². The monoisotopic (exact) mass is 424 g/mol. The molecule has 1 amide bonds. The van der Waals surface area contributed by atoms with Crippen LogP contribution in [-0.4, -0.2) is 59.2 Å². The van der Waals surface area contributed by atoms with Crippen molar-refractivity contribution in [1.82, 2.24) is 20.1 Å². The van der Waals surface area contributed by atoms with Crippen LogP contribution < -0.4 is 0 Å². The molecule has 1 atom stereocenters. The van der Waals surface area contributed by atoms with Gasteiger partial charge in [0.25, 0.3) is 0 Å². The largest absolute Gasteiger partial charge is 0.416 e. The first-order chi connectivity index (χ1) is 14.2. The Morgan fingerprint density at radius 2 is 2.13 bits per heavy atom. The van der Waals surface area contributed by atoms with Gasteiger partial charge in [-0.25, -0.2) is 4.63 Å². The number of aryl methyl sites for hydroxylation is 1. The summed E-state index contributed by atoms with van der Waals surface area (Å²) in [4.78, 5) is 16.4. The fourth-order valence-electron chi connectivity index (χ4n) is 3.87. The molecule has 1 aromatic carbocycles. The molecule has 0 spiro atoms. The zero-order valence-corrected chi connectivity index (χ0v) is 17.3. The Bertz CT molecular complexity index is 853. The summed E-state index contributed by atoms with van der Waals surface area (Å²) in [5, 5.41) is 7.45. The van der Waals surface area contributed by atoms with Gasteiger partial charge in [-0.05, 0) is 50.3 Å². The highest BCUT2D eigenvalue weighted by Crippen LogP contribution is 2.29. The third kappa shape index (κ3) is 6.04. The molecule has 0 bridgehead atoms. The Balaban J connectivity index is 1.48. The maximum absolute atomic E-state index is 12.9. The smallest absolute Gasteiger partial charge is 0.345 e. The van der Waals surface area contributed by atoms with Crippen LogP contribution in [0.3, 0.4) is 0 Å². The maximum atomic E-state index is 12.9. The average Bonchev–Trinajstić information content (AvgIpc) is 3.10. The molecule has 3 rings (SSSR count). The topological polar surface area (TPSA) is 62.5 Å². The number of piperidine rings is 1. The zero-order chi connectivity index (χ0) is 21.7. The van der Waals surface area contributed by atoms with Crippen molar-refractivity contribution >= 4 is 5.91 Å². The fraction of sp³-hybridized carbons (Fsp3) is 0.571. The summed E-state index contributed by atoms with van der Waals surface area (Å²) in [6.07, 6.45) is -1.53. The van der Waals surface area contributed by atoms with E-state index in [1.807, 2.05) is 0 Å². The van der Waals surface area contributed by atoms with Crippen molar-refractivity contribution in [1.29, 1.82) is 0 Å². The van der Waals surface area contributed by atoms with E-state index in [0.29, 0.717) is 42.4 Å². The van der Waals surface area contributed by atoms with Crippen LogP contribution in [0.25, 0.3) is 0 Å². The molecule has 1 fully saturated rings. The number of hydrogen-bond acceptors (Lipinski definition) is 5. The van der Waals surface area contributed by atoms with Gasteiger partial charge >= 0.3 is 6.18 Å². The van der Waals surface area contributed by atoms with Crippen molar-refractivity contribution in [3.63, 3.8) is 0 Å². The van der Waals surface area contributed by atoms with Gasteiger partial charge in [0.15, 0.2) is 0 Å². The molecule has 0 radical (unpaired) electrons. The molecule has 164 valence electrons. The number of amides is 1. The van der Waals surface area contributed by atoms with E-state index < -0.39 is 11.7 Å². The van der Waals surface area contributed by atoms with Crippen molar-refractivity contribution in [3.05, 3.63) is 46.8 Å². The molecule has 1 aromatic heterocycles. The predicted octanol–water partition coefficient (Wildman–Crippen LogP) is 3.35. The minimum Gasteiger partial charge on any atom is -0.345 e. The number of likely N-dealkylation sites (N-methyl/N-ethyl adjacent to an activating group) is 1. The molecular formula is C21H27F3N4O2. The van der Waals surface area contributed by atoms with Crippen LogP contribution in [0.15, 0.2) is 28.9 Å². The van der Waals surface area contributed by atoms with Gasteiger partial charge in [0.2, 0.25) is 5.91 Å². The number of alkyl halides is 3. The lowest BCUT2D eigenvalue weighted by atomic mass is 9.96. The van der Waals surface area contributed by atoms with Gasteiger partial charge in [0.1, 0.15) is 11.4 Å². The molecule has 1 unspecified atom stereocenters. The number of aromatic nitrogens is 2. The molecule has 1 saturated heterocycles. The van der Waals surface area contributed by atoms with E-state index in [-0.39, 0.29) is 12.3 Å². The van der Waals surface area contributed by atoms with E-state index in [0.717, 1.165) is 32.0 Å². The van der Waals surface area contributed by atoms with Crippen molar-refractivity contribution in [2.75, 3.05) is 33.2 Å². The lowest BCUT2D eigenvalue weighted by Crippen LogP contribution is -2.42. The van der Waals surface area contributed by atoms with Crippen molar-refractivity contribution in [2.24, 2.45) is 5.92 Å². The number of benzene rings is 1. The van der Waals surface area contributed by atoms with Crippen LogP contribution in [-0.2, 0) is 23.8 Å². The van der Waals surface area contributed by atoms with E-state index in [4.69, 9.17) is 0 Å². The second kappa shape index (κ2) is 9.59. The zero-order valence-electron chi connectivity index (χ0n) is 17.3. The highest BCUT2D eigenvalue weighted by molar-refractivity contribution is 5.78. The summed E-state index contributed by atoms with van der Waals surface area (Å²) in [5.41, 5.74) is 1.26. The molecule has 30 heavy (non-hydrogen) atoms. The van der Waals surface area contributed by atoms with Crippen LogP contribution in [0.2, 0.25) is 0 Å². The van der Waals surface area contributed by atoms with Gasteiger partial charge in [-0.15, -0.1) is 0 Å². The first kappa shape index (κ1) is 22.3. The summed E-state index contributed by atoms with van der Waals surface area (Å²) in [6.45, 7) is 4.86.